The second-order valence-corrected chi connectivity index (χ2v) is 5.00. The lowest BCUT2D eigenvalue weighted by Crippen LogP contribution is -2.40. The predicted octanol–water partition coefficient (Wildman–Crippen LogP) is 2.47. The Labute approximate surface area is 118 Å². The van der Waals surface area contributed by atoms with Gasteiger partial charge in [0.15, 0.2) is 5.82 Å². The highest BCUT2D eigenvalue weighted by Crippen LogP contribution is 2.21. The summed E-state index contributed by atoms with van der Waals surface area (Å²) in [5.41, 5.74) is 0. The van der Waals surface area contributed by atoms with Crippen molar-refractivity contribution in [1.82, 2.24) is 5.16 Å². The summed E-state index contributed by atoms with van der Waals surface area (Å²) in [7, 11) is 0. The van der Waals surface area contributed by atoms with E-state index in [1.807, 2.05) is 13.8 Å². The molecular weight excluding hydrogens is 260 g/mol. The lowest BCUT2D eigenvalue weighted by atomic mass is 10.0. The highest BCUT2D eigenvalue weighted by molar-refractivity contribution is 5.94. The Morgan fingerprint density at radius 3 is 2.40 bits per heavy atom. The normalized spacial score (nSPS) is 12.4. The van der Waals surface area contributed by atoms with E-state index in [-0.39, 0.29) is 18.4 Å². The van der Waals surface area contributed by atoms with Crippen molar-refractivity contribution in [1.29, 1.82) is 0 Å². The fourth-order valence-electron chi connectivity index (χ4n) is 1.99. The largest absolute Gasteiger partial charge is 0.481 e. The van der Waals surface area contributed by atoms with Crippen molar-refractivity contribution >= 4 is 17.7 Å². The van der Waals surface area contributed by atoms with Crippen molar-refractivity contribution in [2.45, 2.75) is 40.5 Å². The molecular formula is C14H22N2O4. The number of carbonyl (C=O) groups is 2. The zero-order valence-corrected chi connectivity index (χ0v) is 12.4. The van der Waals surface area contributed by atoms with Crippen LogP contribution in [0.25, 0.3) is 0 Å². The Morgan fingerprint density at radius 2 is 2.00 bits per heavy atom. The molecule has 0 saturated carbocycles. The summed E-state index contributed by atoms with van der Waals surface area (Å²) in [5.74, 6) is -0.861. The molecule has 6 nitrogen and oxygen atoms in total. The number of carboxylic acid groups (broad SMARTS) is 1. The maximum Gasteiger partial charge on any atom is 0.308 e. The van der Waals surface area contributed by atoms with Gasteiger partial charge in [-0.25, -0.2) is 0 Å². The van der Waals surface area contributed by atoms with Crippen LogP contribution in [0.4, 0.5) is 5.82 Å². The van der Waals surface area contributed by atoms with Crippen LogP contribution in [-0.2, 0) is 9.59 Å². The van der Waals surface area contributed by atoms with Crippen LogP contribution in [0.3, 0.4) is 0 Å². The van der Waals surface area contributed by atoms with Gasteiger partial charge in [0, 0.05) is 18.5 Å². The van der Waals surface area contributed by atoms with E-state index in [0.29, 0.717) is 24.4 Å². The van der Waals surface area contributed by atoms with Gasteiger partial charge in [-0.1, -0.05) is 25.9 Å². The van der Waals surface area contributed by atoms with E-state index in [0.717, 1.165) is 0 Å². The number of aromatic nitrogens is 1. The first kappa shape index (κ1) is 16.2. The molecule has 1 N–H and O–H groups in total. The number of carbonyl (C=O) groups excluding carboxylic acids is 1. The van der Waals surface area contributed by atoms with Gasteiger partial charge in [-0.05, 0) is 19.8 Å². The van der Waals surface area contributed by atoms with Crippen molar-refractivity contribution in [3.05, 3.63) is 11.8 Å². The van der Waals surface area contributed by atoms with E-state index in [9.17, 15) is 9.59 Å². The van der Waals surface area contributed by atoms with E-state index in [2.05, 4.69) is 5.16 Å². The topological polar surface area (TPSA) is 83.6 Å². The number of hydrogen-bond donors (Lipinski definition) is 1. The molecule has 1 heterocycles. The summed E-state index contributed by atoms with van der Waals surface area (Å²) in [6, 6.07) is 1.65. The summed E-state index contributed by atoms with van der Waals surface area (Å²) in [4.78, 5) is 25.0. The molecule has 1 unspecified atom stereocenters. The lowest BCUT2D eigenvalue weighted by molar-refractivity contribution is -0.140. The summed E-state index contributed by atoms with van der Waals surface area (Å²) < 4.78 is 4.99. The fourth-order valence-corrected chi connectivity index (χ4v) is 1.99. The molecule has 112 valence electrons. The number of carboxylic acids is 1. The molecule has 1 aromatic heterocycles. The SMILES string of the molecule is CCC(CC)C(=O)N(CC(C)C(=O)O)c1cc(C)on1. The second kappa shape index (κ2) is 7.07. The highest BCUT2D eigenvalue weighted by atomic mass is 16.5. The minimum atomic E-state index is -0.937. The molecule has 0 aliphatic carbocycles. The number of amides is 1. The van der Waals surface area contributed by atoms with Crippen LogP contribution in [-0.4, -0.2) is 28.7 Å². The Bertz CT molecular complexity index is 465. The van der Waals surface area contributed by atoms with Crippen LogP contribution in [0, 0.1) is 18.8 Å². The molecule has 0 bridgehead atoms. The van der Waals surface area contributed by atoms with Crippen LogP contribution >= 0.6 is 0 Å². The monoisotopic (exact) mass is 282 g/mol. The average molecular weight is 282 g/mol. The summed E-state index contributed by atoms with van der Waals surface area (Å²) in [6.07, 6.45) is 1.42. The molecule has 1 aromatic rings. The Kier molecular flexibility index (Phi) is 5.73. The Morgan fingerprint density at radius 1 is 1.40 bits per heavy atom. The van der Waals surface area contributed by atoms with Crippen LogP contribution in [0.5, 0.6) is 0 Å². The number of hydrogen-bond acceptors (Lipinski definition) is 4. The molecule has 1 amide bonds. The van der Waals surface area contributed by atoms with Crippen LogP contribution in [0.1, 0.15) is 39.4 Å². The lowest BCUT2D eigenvalue weighted by Gasteiger charge is -2.25. The molecule has 0 aliphatic heterocycles. The third-order valence-corrected chi connectivity index (χ3v) is 3.37. The standard InChI is InChI=1S/C14H22N2O4/c1-5-11(6-2)13(17)16(8-9(3)14(18)19)12-7-10(4)20-15-12/h7,9,11H,5-6,8H2,1-4H3,(H,18,19). The summed E-state index contributed by atoms with van der Waals surface area (Å²) in [5, 5.41) is 12.9. The van der Waals surface area contributed by atoms with Crippen molar-refractivity contribution in [2.75, 3.05) is 11.4 Å². The fraction of sp³-hybridized carbons (Fsp3) is 0.643. The quantitative estimate of drug-likeness (QED) is 0.830. The van der Waals surface area contributed by atoms with Crippen molar-refractivity contribution in [3.8, 4) is 0 Å². The number of rotatable bonds is 7. The first-order valence-electron chi connectivity index (χ1n) is 6.88. The first-order chi connectivity index (χ1) is 9.40. The number of anilines is 1. The van der Waals surface area contributed by atoms with E-state index < -0.39 is 11.9 Å². The maximum atomic E-state index is 12.5. The highest BCUT2D eigenvalue weighted by Gasteiger charge is 2.28. The third kappa shape index (κ3) is 3.82. The molecule has 20 heavy (non-hydrogen) atoms. The van der Waals surface area contributed by atoms with Gasteiger partial charge in [0.1, 0.15) is 5.76 Å². The molecule has 1 rings (SSSR count). The molecule has 6 heteroatoms. The Balaban J connectivity index is 3.01. The van der Waals surface area contributed by atoms with Gasteiger partial charge in [0.2, 0.25) is 5.91 Å². The second-order valence-electron chi connectivity index (χ2n) is 5.00. The predicted molar refractivity (Wildman–Crippen MR) is 74.5 cm³/mol. The van der Waals surface area contributed by atoms with Gasteiger partial charge in [0.25, 0.3) is 0 Å². The zero-order valence-electron chi connectivity index (χ0n) is 12.4. The minimum absolute atomic E-state index is 0.0939. The minimum Gasteiger partial charge on any atom is -0.481 e. The van der Waals surface area contributed by atoms with Crippen LogP contribution in [0.2, 0.25) is 0 Å². The van der Waals surface area contributed by atoms with Gasteiger partial charge >= 0.3 is 5.97 Å². The zero-order chi connectivity index (χ0) is 15.3. The molecule has 0 spiro atoms. The smallest absolute Gasteiger partial charge is 0.308 e. The maximum absolute atomic E-state index is 12.5. The van der Waals surface area contributed by atoms with Gasteiger partial charge in [-0.3, -0.25) is 14.5 Å². The van der Waals surface area contributed by atoms with Gasteiger partial charge in [-0.15, -0.1) is 0 Å². The number of aliphatic carboxylic acids is 1. The molecule has 0 saturated heterocycles. The van der Waals surface area contributed by atoms with Crippen molar-refractivity contribution in [3.63, 3.8) is 0 Å². The van der Waals surface area contributed by atoms with E-state index >= 15 is 0 Å². The number of aryl methyl sites for hydroxylation is 1. The summed E-state index contributed by atoms with van der Waals surface area (Å²) in [6.45, 7) is 7.29. The van der Waals surface area contributed by atoms with Crippen LogP contribution in [0.15, 0.2) is 10.6 Å². The summed E-state index contributed by atoms with van der Waals surface area (Å²) >= 11 is 0. The molecule has 0 aliphatic rings. The third-order valence-electron chi connectivity index (χ3n) is 3.37. The van der Waals surface area contributed by atoms with Gasteiger partial charge in [-0.2, -0.15) is 0 Å². The number of nitrogens with zero attached hydrogens (tertiary/aromatic N) is 2. The van der Waals surface area contributed by atoms with E-state index in [1.54, 1.807) is 19.9 Å². The van der Waals surface area contributed by atoms with E-state index in [4.69, 9.17) is 9.63 Å². The Hall–Kier alpha value is -1.85. The molecule has 0 radical (unpaired) electrons. The molecule has 1 atom stereocenters. The first-order valence-corrected chi connectivity index (χ1v) is 6.88. The average Bonchev–Trinajstić information content (AvgIpc) is 2.83. The van der Waals surface area contributed by atoms with E-state index in [1.165, 1.54) is 4.90 Å². The van der Waals surface area contributed by atoms with Gasteiger partial charge < -0.3 is 9.63 Å². The molecule has 0 fully saturated rings. The van der Waals surface area contributed by atoms with Gasteiger partial charge in [0.05, 0.1) is 5.92 Å². The van der Waals surface area contributed by atoms with Crippen molar-refractivity contribution < 1.29 is 19.2 Å². The van der Waals surface area contributed by atoms with Crippen molar-refractivity contribution in [2.24, 2.45) is 11.8 Å². The van der Waals surface area contributed by atoms with Crippen LogP contribution < -0.4 is 4.90 Å². The molecule has 0 aromatic carbocycles.